The van der Waals surface area contributed by atoms with E-state index in [9.17, 15) is 30.0 Å². The molecule has 1 aromatic rings. The maximum absolute atomic E-state index is 11.0. The molecule has 10 heteroatoms. The largest absolute Gasteiger partial charge is 0.504 e. The number of carboxylic acids is 2. The molecule has 1 saturated heterocycles. The minimum Gasteiger partial charge on any atom is -0.504 e. The van der Waals surface area contributed by atoms with Gasteiger partial charge in [-0.25, -0.2) is 9.59 Å². The average Bonchev–Trinajstić information content (AvgIpc) is 2.48. The molecule has 1 aromatic carbocycles. The summed E-state index contributed by atoms with van der Waals surface area (Å²) in [6.07, 6.45) is -9.06. The molecule has 0 radical (unpaired) electrons. The molecule has 0 spiro atoms. The van der Waals surface area contributed by atoms with Gasteiger partial charge in [0.2, 0.25) is 6.29 Å². The monoisotopic (exact) mass is 330 g/mol. The number of carbonyl (C=O) groups is 2. The van der Waals surface area contributed by atoms with E-state index in [1.165, 1.54) is 0 Å². The van der Waals surface area contributed by atoms with Crippen molar-refractivity contribution in [3.05, 3.63) is 23.8 Å². The number of aromatic carboxylic acids is 1. The lowest BCUT2D eigenvalue weighted by Crippen LogP contribution is -2.61. The van der Waals surface area contributed by atoms with Gasteiger partial charge < -0.3 is 40.1 Å². The van der Waals surface area contributed by atoms with Gasteiger partial charge in [0.1, 0.15) is 18.3 Å². The molecular weight excluding hydrogens is 316 g/mol. The molecule has 0 aromatic heterocycles. The zero-order valence-corrected chi connectivity index (χ0v) is 11.4. The lowest BCUT2D eigenvalue weighted by molar-refractivity contribution is -0.271. The van der Waals surface area contributed by atoms with Crippen molar-refractivity contribution in [1.29, 1.82) is 0 Å². The third kappa shape index (κ3) is 3.35. The van der Waals surface area contributed by atoms with E-state index in [4.69, 9.17) is 19.7 Å². The highest BCUT2D eigenvalue weighted by Gasteiger charge is 2.48. The smallest absolute Gasteiger partial charge is 0.335 e. The normalized spacial score (nSPS) is 30.7. The topological polar surface area (TPSA) is 174 Å². The molecule has 6 N–H and O–H groups in total. The van der Waals surface area contributed by atoms with E-state index in [-0.39, 0.29) is 11.3 Å². The molecule has 1 heterocycles. The van der Waals surface area contributed by atoms with Gasteiger partial charge in [0.05, 0.1) is 5.56 Å². The lowest BCUT2D eigenvalue weighted by Gasteiger charge is -2.38. The summed E-state index contributed by atoms with van der Waals surface area (Å²) in [6.45, 7) is 0. The molecule has 1 aliphatic heterocycles. The van der Waals surface area contributed by atoms with E-state index in [1.54, 1.807) is 0 Å². The maximum atomic E-state index is 11.0. The maximum Gasteiger partial charge on any atom is 0.335 e. The van der Waals surface area contributed by atoms with Gasteiger partial charge in [0.15, 0.2) is 17.6 Å². The molecular formula is C13H14O10. The first kappa shape index (κ1) is 17.0. The number of phenols is 1. The minimum atomic E-state index is -1.87. The van der Waals surface area contributed by atoms with Gasteiger partial charge >= 0.3 is 11.9 Å². The second-order valence-corrected chi connectivity index (χ2v) is 4.84. The zero-order valence-electron chi connectivity index (χ0n) is 11.4. The quantitative estimate of drug-likeness (QED) is 0.376. The van der Waals surface area contributed by atoms with Crippen LogP contribution in [-0.4, -0.2) is 73.3 Å². The number of benzene rings is 1. The molecule has 0 saturated carbocycles. The molecule has 5 atom stereocenters. The number of hydrogen-bond donors (Lipinski definition) is 6. The molecule has 23 heavy (non-hydrogen) atoms. The lowest BCUT2D eigenvalue weighted by atomic mass is 9.99. The number of hydrogen-bond acceptors (Lipinski definition) is 8. The van der Waals surface area contributed by atoms with Crippen LogP contribution in [0.15, 0.2) is 18.2 Å². The Morgan fingerprint density at radius 1 is 1.04 bits per heavy atom. The van der Waals surface area contributed by atoms with Gasteiger partial charge in [-0.05, 0) is 18.2 Å². The van der Waals surface area contributed by atoms with Gasteiger partial charge in [-0.2, -0.15) is 0 Å². The molecule has 1 fully saturated rings. The van der Waals surface area contributed by atoms with Gasteiger partial charge in [0, 0.05) is 0 Å². The molecule has 0 unspecified atom stereocenters. The number of rotatable bonds is 4. The summed E-state index contributed by atoms with van der Waals surface area (Å²) in [5.74, 6) is -3.76. The molecule has 2 rings (SSSR count). The van der Waals surface area contributed by atoms with Crippen molar-refractivity contribution < 1.29 is 49.7 Å². The Morgan fingerprint density at radius 2 is 1.70 bits per heavy atom. The number of ether oxygens (including phenoxy) is 2. The van der Waals surface area contributed by atoms with E-state index in [0.29, 0.717) is 0 Å². The Hall–Kier alpha value is -2.40. The Morgan fingerprint density at radius 3 is 2.22 bits per heavy atom. The van der Waals surface area contributed by atoms with Crippen LogP contribution in [0.3, 0.4) is 0 Å². The van der Waals surface area contributed by atoms with E-state index in [1.807, 2.05) is 0 Å². The Balaban J connectivity index is 2.21. The van der Waals surface area contributed by atoms with Crippen LogP contribution < -0.4 is 4.74 Å². The zero-order chi connectivity index (χ0) is 17.3. The molecule has 0 bridgehead atoms. The van der Waals surface area contributed by atoms with Crippen LogP contribution in [-0.2, 0) is 9.53 Å². The molecule has 1 aliphatic rings. The van der Waals surface area contributed by atoms with E-state index in [2.05, 4.69) is 0 Å². The van der Waals surface area contributed by atoms with Crippen molar-refractivity contribution in [2.75, 3.05) is 0 Å². The third-order valence-corrected chi connectivity index (χ3v) is 3.26. The highest BCUT2D eigenvalue weighted by Crippen LogP contribution is 2.31. The number of phenolic OH excluding ortho intramolecular Hbond substituents is 1. The predicted octanol–water partition coefficient (Wildman–Crippen LogP) is -1.64. The van der Waals surface area contributed by atoms with Crippen LogP contribution >= 0.6 is 0 Å². The SMILES string of the molecule is O=C(O)c1ccc(O[C@@H]2O[C@H](C(=O)O)[C@@H](O)[C@H](O)[C@H]2O)c(O)c1. The van der Waals surface area contributed by atoms with E-state index < -0.39 is 48.4 Å². The van der Waals surface area contributed by atoms with Crippen LogP contribution in [0.2, 0.25) is 0 Å². The fraction of sp³-hybridized carbons (Fsp3) is 0.385. The van der Waals surface area contributed by atoms with Gasteiger partial charge in [-0.15, -0.1) is 0 Å². The Labute approximate surface area is 128 Å². The number of aliphatic carboxylic acids is 1. The third-order valence-electron chi connectivity index (χ3n) is 3.26. The van der Waals surface area contributed by atoms with Crippen molar-refractivity contribution in [1.82, 2.24) is 0 Å². The van der Waals surface area contributed by atoms with Crippen molar-refractivity contribution in [2.24, 2.45) is 0 Å². The van der Waals surface area contributed by atoms with E-state index >= 15 is 0 Å². The average molecular weight is 330 g/mol. The van der Waals surface area contributed by atoms with Crippen LogP contribution in [0.5, 0.6) is 11.5 Å². The summed E-state index contributed by atoms with van der Waals surface area (Å²) in [4.78, 5) is 21.7. The first-order chi connectivity index (χ1) is 10.7. The Kier molecular flexibility index (Phi) is 4.71. The second-order valence-electron chi connectivity index (χ2n) is 4.84. The van der Waals surface area contributed by atoms with Crippen LogP contribution in [0.4, 0.5) is 0 Å². The molecule has 0 aliphatic carbocycles. The summed E-state index contributed by atoms with van der Waals surface area (Å²) in [7, 11) is 0. The molecule has 10 nitrogen and oxygen atoms in total. The second kappa shape index (κ2) is 6.38. The molecule has 0 amide bonds. The highest BCUT2D eigenvalue weighted by atomic mass is 16.7. The van der Waals surface area contributed by atoms with Gasteiger partial charge in [-0.1, -0.05) is 0 Å². The van der Waals surface area contributed by atoms with Crippen LogP contribution in [0.1, 0.15) is 10.4 Å². The fourth-order valence-electron chi connectivity index (χ4n) is 2.02. The minimum absolute atomic E-state index is 0.223. The van der Waals surface area contributed by atoms with Crippen molar-refractivity contribution in [3.63, 3.8) is 0 Å². The van der Waals surface area contributed by atoms with E-state index in [0.717, 1.165) is 18.2 Å². The predicted molar refractivity (Wildman–Crippen MR) is 70.0 cm³/mol. The first-order valence-electron chi connectivity index (χ1n) is 6.37. The van der Waals surface area contributed by atoms with Gasteiger partial charge in [-0.3, -0.25) is 0 Å². The number of aromatic hydroxyl groups is 1. The number of carboxylic acid groups (broad SMARTS) is 2. The summed E-state index contributed by atoms with van der Waals surface area (Å²) in [5, 5.41) is 56.3. The van der Waals surface area contributed by atoms with Gasteiger partial charge in [0.25, 0.3) is 0 Å². The summed E-state index contributed by atoms with van der Waals surface area (Å²) >= 11 is 0. The summed E-state index contributed by atoms with van der Waals surface area (Å²) in [5.41, 5.74) is -0.223. The number of aliphatic hydroxyl groups excluding tert-OH is 3. The summed E-state index contributed by atoms with van der Waals surface area (Å²) in [6, 6.07) is 3.06. The number of aliphatic hydroxyl groups is 3. The summed E-state index contributed by atoms with van der Waals surface area (Å²) < 4.78 is 9.95. The fourth-order valence-corrected chi connectivity index (χ4v) is 2.02. The van der Waals surface area contributed by atoms with Crippen molar-refractivity contribution in [3.8, 4) is 11.5 Å². The highest BCUT2D eigenvalue weighted by molar-refractivity contribution is 5.88. The molecule has 126 valence electrons. The van der Waals surface area contributed by atoms with Crippen LogP contribution in [0.25, 0.3) is 0 Å². The standard InChI is InChI=1S/C13H14O10/c14-5-3-4(11(18)19)1-2-6(5)22-13-9(17)7(15)8(16)10(23-13)12(20)21/h1-3,7-10,13-17H,(H,18,19)(H,20,21)/t7-,8-,9+,10-,13+/m0/s1. The first-order valence-corrected chi connectivity index (χ1v) is 6.37. The Bertz CT molecular complexity index is 615. The van der Waals surface area contributed by atoms with Crippen molar-refractivity contribution in [2.45, 2.75) is 30.7 Å². The van der Waals surface area contributed by atoms with Crippen molar-refractivity contribution >= 4 is 11.9 Å². The van der Waals surface area contributed by atoms with Crippen LogP contribution in [0, 0.1) is 0 Å².